The molecule has 78 valence electrons. The quantitative estimate of drug-likeness (QED) is 0.502. The molecule has 0 unspecified atom stereocenters. The van der Waals surface area contributed by atoms with Crippen LogP contribution in [0.25, 0.3) is 0 Å². The van der Waals surface area contributed by atoms with E-state index in [1.807, 2.05) is 0 Å². The summed E-state index contributed by atoms with van der Waals surface area (Å²) in [5, 5.41) is 0. The molecule has 6 heteroatoms. The van der Waals surface area contributed by atoms with Crippen molar-refractivity contribution in [2.24, 2.45) is 0 Å². The molecule has 1 heterocycles. The van der Waals surface area contributed by atoms with Crippen LogP contribution in [-0.2, 0) is 14.3 Å². The van der Waals surface area contributed by atoms with Gasteiger partial charge in [0, 0.05) is 12.3 Å². The second-order valence-electron chi connectivity index (χ2n) is 2.70. The summed E-state index contributed by atoms with van der Waals surface area (Å²) in [5.41, 5.74) is 0. The monoisotopic (exact) mass is 219 g/mol. The molecular formula is C8H10FNO3S. The molecule has 0 aromatic carbocycles. The maximum atomic E-state index is 12.1. The highest BCUT2D eigenvalue weighted by molar-refractivity contribution is 7.99. The third kappa shape index (κ3) is 3.02. The van der Waals surface area contributed by atoms with Gasteiger partial charge in [0.2, 0.25) is 0 Å². The molecule has 1 amide bonds. The van der Waals surface area contributed by atoms with Crippen LogP contribution in [0.4, 0.5) is 4.39 Å². The summed E-state index contributed by atoms with van der Waals surface area (Å²) in [6, 6.07) is 0. The van der Waals surface area contributed by atoms with Crippen molar-refractivity contribution in [3.8, 4) is 0 Å². The minimum Gasteiger partial charge on any atom is -0.451 e. The van der Waals surface area contributed by atoms with Crippen molar-refractivity contribution >= 4 is 23.6 Å². The van der Waals surface area contributed by atoms with Crippen LogP contribution in [0.1, 0.15) is 0 Å². The van der Waals surface area contributed by atoms with Crippen LogP contribution in [0.15, 0.2) is 12.4 Å². The first kappa shape index (κ1) is 11.0. The van der Waals surface area contributed by atoms with E-state index < -0.39 is 24.3 Å². The predicted octanol–water partition coefficient (Wildman–Crippen LogP) is 0.546. The zero-order valence-corrected chi connectivity index (χ0v) is 8.31. The van der Waals surface area contributed by atoms with Crippen molar-refractivity contribution < 1.29 is 18.7 Å². The highest BCUT2D eigenvalue weighted by atomic mass is 32.2. The van der Waals surface area contributed by atoms with Gasteiger partial charge in [0.15, 0.2) is 0 Å². The van der Waals surface area contributed by atoms with Crippen molar-refractivity contribution in [3.63, 3.8) is 0 Å². The Morgan fingerprint density at radius 2 is 2.29 bits per heavy atom. The Morgan fingerprint density at radius 3 is 2.79 bits per heavy atom. The number of amides is 1. The number of carbonyl (C=O) groups excluding carboxylic acids is 2. The smallest absolute Gasteiger partial charge is 0.397 e. The molecule has 1 rings (SSSR count). The summed E-state index contributed by atoms with van der Waals surface area (Å²) in [6.45, 7) is 2.90. The second-order valence-corrected chi connectivity index (χ2v) is 3.77. The SMILES string of the molecule is C=C(F)COC(=O)C(=O)N1CCSC1. The molecule has 0 bridgehead atoms. The van der Waals surface area contributed by atoms with Crippen LogP contribution in [-0.4, -0.2) is 41.6 Å². The summed E-state index contributed by atoms with van der Waals surface area (Å²) in [4.78, 5) is 23.6. The van der Waals surface area contributed by atoms with Crippen LogP contribution in [0.2, 0.25) is 0 Å². The first-order valence-corrected chi connectivity index (χ1v) is 5.14. The molecule has 0 aromatic rings. The van der Waals surface area contributed by atoms with Gasteiger partial charge in [-0.2, -0.15) is 0 Å². The number of thioether (sulfide) groups is 1. The second kappa shape index (κ2) is 4.99. The summed E-state index contributed by atoms with van der Waals surface area (Å²) in [6.07, 6.45) is 0. The summed E-state index contributed by atoms with van der Waals surface area (Å²) in [5.74, 6) is -1.20. The number of halogens is 1. The minimum absolute atomic E-state index is 0.491. The number of carbonyl (C=O) groups is 2. The summed E-state index contributed by atoms with van der Waals surface area (Å²) < 4.78 is 16.5. The third-order valence-electron chi connectivity index (χ3n) is 1.57. The van der Waals surface area contributed by atoms with Crippen molar-refractivity contribution in [2.45, 2.75) is 0 Å². The van der Waals surface area contributed by atoms with E-state index in [1.54, 1.807) is 11.8 Å². The van der Waals surface area contributed by atoms with Crippen LogP contribution < -0.4 is 0 Å². The lowest BCUT2D eigenvalue weighted by atomic mass is 10.5. The lowest BCUT2D eigenvalue weighted by Gasteiger charge is -2.12. The standard InChI is InChI=1S/C8H10FNO3S/c1-6(9)4-13-8(12)7(11)10-2-3-14-5-10/h1-5H2. The lowest BCUT2D eigenvalue weighted by Crippen LogP contribution is -2.35. The third-order valence-corrected chi connectivity index (χ3v) is 2.54. The van der Waals surface area contributed by atoms with Crippen LogP contribution in [0.3, 0.4) is 0 Å². The number of ether oxygens (including phenoxy) is 1. The minimum atomic E-state index is -1.02. The molecule has 4 nitrogen and oxygen atoms in total. The van der Waals surface area contributed by atoms with E-state index in [0.29, 0.717) is 12.4 Å². The van der Waals surface area contributed by atoms with Crippen molar-refractivity contribution in [1.82, 2.24) is 4.90 Å². The zero-order chi connectivity index (χ0) is 10.6. The van der Waals surface area contributed by atoms with Crippen LogP contribution in [0.5, 0.6) is 0 Å². The van der Waals surface area contributed by atoms with Gasteiger partial charge in [-0.05, 0) is 0 Å². The Labute approximate surface area is 85.1 Å². The normalized spacial score (nSPS) is 15.4. The van der Waals surface area contributed by atoms with Crippen LogP contribution >= 0.6 is 11.8 Å². The Bertz CT molecular complexity index is 263. The van der Waals surface area contributed by atoms with Crippen molar-refractivity contribution in [1.29, 1.82) is 0 Å². The fourth-order valence-corrected chi connectivity index (χ4v) is 1.85. The van der Waals surface area contributed by atoms with E-state index in [1.165, 1.54) is 4.90 Å². The molecule has 0 spiro atoms. The van der Waals surface area contributed by atoms with Gasteiger partial charge >= 0.3 is 11.9 Å². The highest BCUT2D eigenvalue weighted by Gasteiger charge is 2.26. The van der Waals surface area contributed by atoms with E-state index in [9.17, 15) is 14.0 Å². The van der Waals surface area contributed by atoms with Gasteiger partial charge in [-0.3, -0.25) is 4.79 Å². The molecule has 1 fully saturated rings. The number of hydrogen-bond donors (Lipinski definition) is 0. The average molecular weight is 219 g/mol. The largest absolute Gasteiger partial charge is 0.451 e. The first-order valence-electron chi connectivity index (χ1n) is 3.98. The van der Waals surface area contributed by atoms with Crippen molar-refractivity contribution in [3.05, 3.63) is 12.4 Å². The van der Waals surface area contributed by atoms with Crippen molar-refractivity contribution in [2.75, 3.05) is 24.8 Å². The Balaban J connectivity index is 2.36. The maximum Gasteiger partial charge on any atom is 0.397 e. The lowest BCUT2D eigenvalue weighted by molar-refractivity contribution is -0.159. The van der Waals surface area contributed by atoms with E-state index in [4.69, 9.17) is 0 Å². The Morgan fingerprint density at radius 1 is 1.57 bits per heavy atom. The molecule has 0 atom stereocenters. The van der Waals surface area contributed by atoms with Gasteiger partial charge < -0.3 is 9.64 Å². The molecule has 0 aliphatic carbocycles. The Hall–Kier alpha value is -1.04. The van der Waals surface area contributed by atoms with E-state index in [2.05, 4.69) is 11.3 Å². The number of hydrogen-bond acceptors (Lipinski definition) is 4. The molecule has 1 aliphatic rings. The van der Waals surface area contributed by atoms with Gasteiger partial charge in [-0.1, -0.05) is 6.58 Å². The summed E-state index contributed by atoms with van der Waals surface area (Å²) >= 11 is 1.56. The molecule has 0 N–H and O–H groups in total. The van der Waals surface area contributed by atoms with Gasteiger partial charge in [0.05, 0.1) is 5.88 Å². The molecule has 0 radical (unpaired) electrons. The maximum absolute atomic E-state index is 12.1. The van der Waals surface area contributed by atoms with E-state index in [0.717, 1.165) is 5.75 Å². The van der Waals surface area contributed by atoms with Gasteiger partial charge in [-0.15, -0.1) is 11.8 Å². The zero-order valence-electron chi connectivity index (χ0n) is 7.49. The van der Waals surface area contributed by atoms with Gasteiger partial charge in [0.25, 0.3) is 0 Å². The fraction of sp³-hybridized carbons (Fsp3) is 0.500. The molecule has 1 saturated heterocycles. The number of rotatable bonds is 2. The van der Waals surface area contributed by atoms with Crippen LogP contribution in [0, 0.1) is 0 Å². The van der Waals surface area contributed by atoms with Gasteiger partial charge in [0.1, 0.15) is 12.4 Å². The predicted molar refractivity (Wildman–Crippen MR) is 50.2 cm³/mol. The van der Waals surface area contributed by atoms with E-state index in [-0.39, 0.29) is 0 Å². The highest BCUT2D eigenvalue weighted by Crippen LogP contribution is 2.13. The number of esters is 1. The Kier molecular flexibility index (Phi) is 3.94. The topological polar surface area (TPSA) is 46.6 Å². The fourth-order valence-electron chi connectivity index (χ4n) is 0.909. The molecule has 14 heavy (non-hydrogen) atoms. The number of nitrogens with zero attached hydrogens (tertiary/aromatic N) is 1. The summed E-state index contributed by atoms with van der Waals surface area (Å²) in [7, 11) is 0. The average Bonchev–Trinajstić information content (AvgIpc) is 2.65. The molecular weight excluding hydrogens is 209 g/mol. The molecule has 0 aromatic heterocycles. The van der Waals surface area contributed by atoms with E-state index >= 15 is 0 Å². The van der Waals surface area contributed by atoms with Gasteiger partial charge in [-0.25, -0.2) is 9.18 Å². The first-order chi connectivity index (χ1) is 6.61. The molecule has 0 saturated carbocycles. The molecule has 1 aliphatic heterocycles.